The Morgan fingerprint density at radius 2 is 2.25 bits per heavy atom. The number of rotatable bonds is 8. The van der Waals surface area contributed by atoms with Gasteiger partial charge in [-0.25, -0.2) is 0 Å². The molecule has 120 valence electrons. The number of aliphatic imine (C=N–C) groups is 1. The molecule has 1 unspecified atom stereocenters. The molecule has 0 aromatic rings. The van der Waals surface area contributed by atoms with Crippen LogP contribution in [-0.2, 0) is 4.74 Å². The Kier molecular flexibility index (Phi) is 11.5. The maximum absolute atomic E-state index is 5.86. The molecule has 1 heterocycles. The van der Waals surface area contributed by atoms with Crippen LogP contribution in [0.25, 0.3) is 0 Å². The molecule has 0 aromatic heterocycles. The van der Waals surface area contributed by atoms with Gasteiger partial charge in [-0.05, 0) is 46.2 Å². The van der Waals surface area contributed by atoms with Crippen LogP contribution in [0.1, 0.15) is 40.0 Å². The molecule has 1 fully saturated rings. The van der Waals surface area contributed by atoms with Gasteiger partial charge in [0.2, 0.25) is 0 Å². The molecule has 1 aliphatic heterocycles. The van der Waals surface area contributed by atoms with Gasteiger partial charge in [0.15, 0.2) is 5.96 Å². The van der Waals surface area contributed by atoms with Crippen LogP contribution < -0.4 is 11.1 Å². The van der Waals surface area contributed by atoms with E-state index in [4.69, 9.17) is 10.5 Å². The first-order chi connectivity index (χ1) is 9.13. The van der Waals surface area contributed by atoms with Gasteiger partial charge < -0.3 is 15.8 Å². The summed E-state index contributed by atoms with van der Waals surface area (Å²) in [5.41, 5.74) is 5.86. The van der Waals surface area contributed by atoms with Crippen LogP contribution in [0.3, 0.4) is 0 Å². The van der Waals surface area contributed by atoms with Crippen LogP contribution in [0.4, 0.5) is 0 Å². The van der Waals surface area contributed by atoms with E-state index in [0.29, 0.717) is 18.1 Å². The van der Waals surface area contributed by atoms with E-state index in [1.165, 1.54) is 19.4 Å². The average Bonchev–Trinajstić information content (AvgIpc) is 2.83. The van der Waals surface area contributed by atoms with Crippen molar-refractivity contribution in [1.29, 1.82) is 0 Å². The fraction of sp³-hybridized carbons (Fsp3) is 0.929. The number of likely N-dealkylation sites (tertiary alicyclic amines) is 1. The van der Waals surface area contributed by atoms with E-state index in [-0.39, 0.29) is 24.0 Å². The Hall–Kier alpha value is -0.0800. The summed E-state index contributed by atoms with van der Waals surface area (Å²) in [5.74, 6) is 0.563. The van der Waals surface area contributed by atoms with Gasteiger partial charge in [-0.1, -0.05) is 6.92 Å². The van der Waals surface area contributed by atoms with Crippen LogP contribution >= 0.6 is 24.0 Å². The number of ether oxygens (including phenoxy) is 1. The number of nitrogens with zero attached hydrogens (tertiary/aromatic N) is 2. The number of guanidine groups is 1. The Bertz CT molecular complexity index is 274. The average molecular weight is 398 g/mol. The standard InChI is InChI=1S/C14H30N4O.HI/c1-4-18-9-5-7-13(18)11-17-14(15)16-8-6-10-19-12(2)3;/h12-13H,4-11H2,1-3H3,(H3,15,16,17);1H. The molecule has 20 heavy (non-hydrogen) atoms. The highest BCUT2D eigenvalue weighted by molar-refractivity contribution is 14.0. The lowest BCUT2D eigenvalue weighted by Crippen LogP contribution is -2.36. The normalized spacial score (nSPS) is 20.2. The minimum Gasteiger partial charge on any atom is -0.379 e. The van der Waals surface area contributed by atoms with Crippen molar-refractivity contribution in [2.24, 2.45) is 10.7 Å². The second kappa shape index (κ2) is 11.6. The summed E-state index contributed by atoms with van der Waals surface area (Å²) in [4.78, 5) is 6.92. The maximum atomic E-state index is 5.86. The van der Waals surface area contributed by atoms with Crippen LogP contribution in [0.15, 0.2) is 4.99 Å². The van der Waals surface area contributed by atoms with Crippen molar-refractivity contribution in [1.82, 2.24) is 10.2 Å². The fourth-order valence-corrected chi connectivity index (χ4v) is 2.39. The molecule has 1 aliphatic rings. The van der Waals surface area contributed by atoms with E-state index in [9.17, 15) is 0 Å². The molecule has 1 saturated heterocycles. The van der Waals surface area contributed by atoms with Crippen LogP contribution in [-0.4, -0.2) is 55.8 Å². The second-order valence-corrected chi connectivity index (χ2v) is 5.35. The van der Waals surface area contributed by atoms with E-state index in [2.05, 4.69) is 22.1 Å². The van der Waals surface area contributed by atoms with E-state index < -0.39 is 0 Å². The second-order valence-electron chi connectivity index (χ2n) is 5.35. The van der Waals surface area contributed by atoms with Gasteiger partial charge in [0, 0.05) is 19.2 Å². The van der Waals surface area contributed by atoms with Crippen molar-refractivity contribution in [3.05, 3.63) is 0 Å². The Balaban J connectivity index is 0.00000361. The molecule has 1 rings (SSSR count). The molecule has 0 saturated carbocycles. The van der Waals surface area contributed by atoms with Gasteiger partial charge in [0.1, 0.15) is 0 Å². The molecule has 5 nitrogen and oxygen atoms in total. The zero-order valence-electron chi connectivity index (χ0n) is 13.1. The Morgan fingerprint density at radius 1 is 1.50 bits per heavy atom. The molecule has 0 bridgehead atoms. The monoisotopic (exact) mass is 398 g/mol. The van der Waals surface area contributed by atoms with Gasteiger partial charge >= 0.3 is 0 Å². The number of halogens is 1. The lowest BCUT2D eigenvalue weighted by Gasteiger charge is -2.20. The predicted octanol–water partition coefficient (Wildman–Crippen LogP) is 1.81. The predicted molar refractivity (Wildman–Crippen MR) is 95.9 cm³/mol. The van der Waals surface area contributed by atoms with Crippen LogP contribution in [0, 0.1) is 0 Å². The highest BCUT2D eigenvalue weighted by Crippen LogP contribution is 2.16. The summed E-state index contributed by atoms with van der Waals surface area (Å²) < 4.78 is 5.47. The third kappa shape index (κ3) is 8.26. The minimum absolute atomic E-state index is 0. The third-order valence-electron chi connectivity index (χ3n) is 3.46. The first kappa shape index (κ1) is 19.9. The van der Waals surface area contributed by atoms with E-state index in [0.717, 1.165) is 32.7 Å². The lowest BCUT2D eigenvalue weighted by molar-refractivity contribution is 0.0777. The quantitative estimate of drug-likeness (QED) is 0.283. The fourth-order valence-electron chi connectivity index (χ4n) is 2.39. The van der Waals surface area contributed by atoms with Crippen LogP contribution in [0.5, 0.6) is 0 Å². The number of nitrogens with two attached hydrogens (primary N) is 1. The molecular formula is C14H31IN4O. The number of nitrogens with one attached hydrogen (secondary N) is 1. The first-order valence-corrected chi connectivity index (χ1v) is 7.53. The van der Waals surface area contributed by atoms with E-state index in [1.54, 1.807) is 0 Å². The maximum Gasteiger partial charge on any atom is 0.188 e. The Labute approximate surface area is 140 Å². The smallest absolute Gasteiger partial charge is 0.188 e. The molecule has 0 aromatic carbocycles. The van der Waals surface area contributed by atoms with Crippen molar-refractivity contribution in [3.8, 4) is 0 Å². The molecule has 0 aliphatic carbocycles. The van der Waals surface area contributed by atoms with Crippen molar-refractivity contribution in [2.45, 2.75) is 52.2 Å². The summed E-state index contributed by atoms with van der Waals surface area (Å²) in [6.45, 7) is 11.0. The topological polar surface area (TPSA) is 62.9 Å². The summed E-state index contributed by atoms with van der Waals surface area (Å²) in [6, 6.07) is 0.578. The van der Waals surface area contributed by atoms with E-state index >= 15 is 0 Å². The largest absolute Gasteiger partial charge is 0.379 e. The molecule has 0 amide bonds. The minimum atomic E-state index is 0. The molecule has 0 radical (unpaired) electrons. The SMILES string of the molecule is CCN1CCCC1CN=C(N)NCCCOC(C)C.I. The van der Waals surface area contributed by atoms with Gasteiger partial charge in [-0.3, -0.25) is 9.89 Å². The third-order valence-corrected chi connectivity index (χ3v) is 3.46. The summed E-state index contributed by atoms with van der Waals surface area (Å²) >= 11 is 0. The van der Waals surface area contributed by atoms with Crippen molar-refractivity contribution in [3.63, 3.8) is 0 Å². The van der Waals surface area contributed by atoms with Gasteiger partial charge in [-0.15, -0.1) is 24.0 Å². The summed E-state index contributed by atoms with van der Waals surface area (Å²) in [6.07, 6.45) is 3.79. The highest BCUT2D eigenvalue weighted by atomic mass is 127. The highest BCUT2D eigenvalue weighted by Gasteiger charge is 2.22. The zero-order chi connectivity index (χ0) is 14.1. The zero-order valence-corrected chi connectivity index (χ0v) is 15.4. The van der Waals surface area contributed by atoms with Crippen molar-refractivity contribution >= 4 is 29.9 Å². The van der Waals surface area contributed by atoms with Crippen LogP contribution in [0.2, 0.25) is 0 Å². The van der Waals surface area contributed by atoms with E-state index in [1.807, 2.05) is 13.8 Å². The van der Waals surface area contributed by atoms with Gasteiger partial charge in [0.05, 0.1) is 12.6 Å². The molecule has 1 atom stereocenters. The number of hydrogen-bond donors (Lipinski definition) is 2. The lowest BCUT2D eigenvalue weighted by atomic mass is 10.2. The first-order valence-electron chi connectivity index (χ1n) is 7.53. The van der Waals surface area contributed by atoms with Gasteiger partial charge in [0.25, 0.3) is 0 Å². The molecule has 0 spiro atoms. The molecule has 6 heteroatoms. The Morgan fingerprint density at radius 3 is 2.90 bits per heavy atom. The van der Waals surface area contributed by atoms with Crippen molar-refractivity contribution < 1.29 is 4.74 Å². The summed E-state index contributed by atoms with van der Waals surface area (Å²) in [7, 11) is 0. The summed E-state index contributed by atoms with van der Waals surface area (Å²) in [5, 5.41) is 3.14. The molecular weight excluding hydrogens is 367 g/mol. The molecule has 3 N–H and O–H groups in total. The number of likely N-dealkylation sites (N-methyl/N-ethyl adjacent to an activating group) is 1. The van der Waals surface area contributed by atoms with Crippen molar-refractivity contribution in [2.75, 3.05) is 32.8 Å². The van der Waals surface area contributed by atoms with Gasteiger partial charge in [-0.2, -0.15) is 0 Å². The number of hydrogen-bond acceptors (Lipinski definition) is 3.